The van der Waals surface area contributed by atoms with E-state index >= 15 is 0 Å². The number of hydrogen-bond acceptors (Lipinski definition) is 6. The fraction of sp³-hybridized carbons (Fsp3) is 0.385. The van der Waals surface area contributed by atoms with Gasteiger partial charge >= 0.3 is 5.97 Å². The van der Waals surface area contributed by atoms with Gasteiger partial charge in [-0.1, -0.05) is 0 Å². The number of rotatable bonds is 3. The van der Waals surface area contributed by atoms with Crippen LogP contribution in [0.2, 0.25) is 0 Å². The average Bonchev–Trinajstić information content (AvgIpc) is 3.06. The first-order valence-electron chi connectivity index (χ1n) is 6.25. The summed E-state index contributed by atoms with van der Waals surface area (Å²) in [7, 11) is 0. The van der Waals surface area contributed by atoms with Gasteiger partial charge in [0.05, 0.1) is 4.88 Å². The van der Waals surface area contributed by atoms with Gasteiger partial charge in [0.1, 0.15) is 22.2 Å². The smallest absolute Gasteiger partial charge is 0.322 e. The van der Waals surface area contributed by atoms with Crippen molar-refractivity contribution in [3.05, 3.63) is 28.0 Å². The van der Waals surface area contributed by atoms with E-state index in [0.29, 0.717) is 4.67 Å². The topological polar surface area (TPSA) is 75.4 Å². The highest BCUT2D eigenvalue weighted by molar-refractivity contribution is 9.10. The zero-order chi connectivity index (χ0) is 15.2. The molecule has 0 spiro atoms. The molecule has 2 aromatic rings. The minimum Gasteiger partial charge on any atom is -0.480 e. The third-order valence-corrected chi connectivity index (χ3v) is 6.34. The first-order valence-corrected chi connectivity index (χ1v) is 8.74. The predicted octanol–water partition coefficient (Wildman–Crippen LogP) is 3.73. The van der Waals surface area contributed by atoms with E-state index in [1.807, 2.05) is 26.0 Å². The fourth-order valence-electron chi connectivity index (χ4n) is 2.22. The largest absolute Gasteiger partial charge is 0.480 e. The molecule has 0 radical (unpaired) electrons. The van der Waals surface area contributed by atoms with Crippen molar-refractivity contribution in [2.45, 2.75) is 30.0 Å². The summed E-state index contributed by atoms with van der Waals surface area (Å²) in [6.45, 7) is 3.86. The number of carboxylic acid groups (broad SMARTS) is 1. The van der Waals surface area contributed by atoms with E-state index in [4.69, 9.17) is 4.42 Å². The number of thioether (sulfide) groups is 1. The van der Waals surface area contributed by atoms with E-state index in [-0.39, 0.29) is 10.1 Å². The molecule has 1 aliphatic rings. The summed E-state index contributed by atoms with van der Waals surface area (Å²) in [5.74, 6) is -0.0792. The number of hydrogen-bond donors (Lipinski definition) is 2. The van der Waals surface area contributed by atoms with E-state index in [9.17, 15) is 9.90 Å². The van der Waals surface area contributed by atoms with Gasteiger partial charge in [0.25, 0.3) is 0 Å². The molecule has 2 atom stereocenters. The molecule has 1 saturated heterocycles. The summed E-state index contributed by atoms with van der Waals surface area (Å²) in [6.07, 6.45) is 1.76. The average molecular weight is 389 g/mol. The lowest BCUT2D eigenvalue weighted by atomic mass is 10.0. The fourth-order valence-corrected chi connectivity index (χ4v) is 4.91. The summed E-state index contributed by atoms with van der Waals surface area (Å²) >= 11 is 6.37. The van der Waals surface area contributed by atoms with Crippen LogP contribution in [0.15, 0.2) is 27.4 Å². The highest BCUT2D eigenvalue weighted by Gasteiger charge is 2.46. The number of carboxylic acids is 1. The van der Waals surface area contributed by atoms with Crippen LogP contribution in [0.3, 0.4) is 0 Å². The van der Waals surface area contributed by atoms with Crippen molar-refractivity contribution in [1.29, 1.82) is 0 Å². The van der Waals surface area contributed by atoms with Crippen molar-refractivity contribution in [2.75, 3.05) is 0 Å². The van der Waals surface area contributed by atoms with Crippen LogP contribution < -0.4 is 5.32 Å². The van der Waals surface area contributed by atoms with Gasteiger partial charge in [-0.15, -0.1) is 23.1 Å². The maximum atomic E-state index is 11.3. The minimum absolute atomic E-state index is 0.113. The maximum absolute atomic E-state index is 11.3. The SMILES string of the molecule is CC1(C)SC(c2ncc(-c3ccc(Br)o3)s2)NC1C(=O)O. The predicted molar refractivity (Wildman–Crippen MR) is 86.5 cm³/mol. The molecule has 5 nitrogen and oxygen atoms in total. The third kappa shape index (κ3) is 2.90. The zero-order valence-electron chi connectivity index (χ0n) is 11.3. The molecule has 0 amide bonds. The molecule has 0 bridgehead atoms. The van der Waals surface area contributed by atoms with E-state index in [1.165, 1.54) is 11.3 Å². The van der Waals surface area contributed by atoms with Crippen molar-refractivity contribution in [3.8, 4) is 10.6 Å². The van der Waals surface area contributed by atoms with Crippen LogP contribution in [0.25, 0.3) is 10.6 Å². The van der Waals surface area contributed by atoms with Gasteiger partial charge in [-0.2, -0.15) is 0 Å². The Morgan fingerprint density at radius 1 is 1.52 bits per heavy atom. The second-order valence-electron chi connectivity index (χ2n) is 5.21. The zero-order valence-corrected chi connectivity index (χ0v) is 14.5. The van der Waals surface area contributed by atoms with Crippen molar-refractivity contribution in [1.82, 2.24) is 10.3 Å². The molecule has 3 rings (SSSR count). The molecule has 2 N–H and O–H groups in total. The van der Waals surface area contributed by atoms with Gasteiger partial charge in [0.2, 0.25) is 0 Å². The van der Waals surface area contributed by atoms with Crippen LogP contribution >= 0.6 is 39.0 Å². The van der Waals surface area contributed by atoms with Crippen LogP contribution in [0.5, 0.6) is 0 Å². The van der Waals surface area contributed by atoms with Crippen LogP contribution in [-0.2, 0) is 4.79 Å². The molecule has 2 unspecified atom stereocenters. The molecule has 21 heavy (non-hydrogen) atoms. The second kappa shape index (κ2) is 5.42. The Morgan fingerprint density at radius 3 is 2.86 bits per heavy atom. The monoisotopic (exact) mass is 388 g/mol. The van der Waals surface area contributed by atoms with Crippen molar-refractivity contribution in [2.24, 2.45) is 0 Å². The number of thiazole rings is 1. The Morgan fingerprint density at radius 2 is 2.29 bits per heavy atom. The molecular weight excluding hydrogens is 376 g/mol. The summed E-state index contributed by atoms with van der Waals surface area (Å²) in [4.78, 5) is 16.6. The van der Waals surface area contributed by atoms with Crippen molar-refractivity contribution < 1.29 is 14.3 Å². The molecule has 0 saturated carbocycles. The number of halogens is 1. The van der Waals surface area contributed by atoms with Gasteiger partial charge in [-0.05, 0) is 41.9 Å². The van der Waals surface area contributed by atoms with Crippen LogP contribution in [0.1, 0.15) is 24.2 Å². The van der Waals surface area contributed by atoms with Crippen molar-refractivity contribution >= 4 is 45.0 Å². The number of furan rings is 1. The molecule has 3 heterocycles. The number of nitrogens with zero attached hydrogens (tertiary/aromatic N) is 1. The number of aliphatic carboxylic acids is 1. The first-order chi connectivity index (χ1) is 9.87. The number of nitrogens with one attached hydrogen (secondary N) is 1. The van der Waals surface area contributed by atoms with Crippen LogP contribution in [0.4, 0.5) is 0 Å². The number of carbonyl (C=O) groups is 1. The van der Waals surface area contributed by atoms with E-state index in [0.717, 1.165) is 15.6 Å². The highest BCUT2D eigenvalue weighted by Crippen LogP contribution is 2.47. The normalized spacial score (nSPS) is 24.3. The summed E-state index contributed by atoms with van der Waals surface area (Å²) < 4.78 is 5.81. The quantitative estimate of drug-likeness (QED) is 0.833. The standard InChI is InChI=1S/C13H13BrN2O3S2/c1-13(2)9(12(17)18)16-11(21-13)10-15-5-7(20-10)6-3-4-8(14)19-6/h3-5,9,11,16H,1-2H3,(H,17,18). The van der Waals surface area contributed by atoms with E-state index in [2.05, 4.69) is 26.2 Å². The van der Waals surface area contributed by atoms with Crippen LogP contribution in [0, 0.1) is 0 Å². The van der Waals surface area contributed by atoms with Crippen LogP contribution in [-0.4, -0.2) is 26.8 Å². The van der Waals surface area contributed by atoms with E-state index < -0.39 is 12.0 Å². The van der Waals surface area contributed by atoms with Gasteiger partial charge in [0.15, 0.2) is 4.67 Å². The summed E-state index contributed by atoms with van der Waals surface area (Å²) in [5.41, 5.74) is 0. The summed E-state index contributed by atoms with van der Waals surface area (Å²) in [5, 5.41) is 13.2. The maximum Gasteiger partial charge on any atom is 0.322 e. The lowest BCUT2D eigenvalue weighted by Gasteiger charge is -2.20. The molecular formula is C13H13BrN2O3S2. The van der Waals surface area contributed by atoms with E-state index in [1.54, 1.807) is 18.0 Å². The Labute approximate surface area is 138 Å². The molecule has 1 fully saturated rings. The highest BCUT2D eigenvalue weighted by atomic mass is 79.9. The van der Waals surface area contributed by atoms with Gasteiger partial charge in [-0.3, -0.25) is 10.1 Å². The second-order valence-corrected chi connectivity index (χ2v) is 8.81. The van der Waals surface area contributed by atoms with Crippen molar-refractivity contribution in [3.63, 3.8) is 0 Å². The Hall–Kier alpha value is -0.830. The first kappa shape index (κ1) is 15.1. The molecule has 2 aromatic heterocycles. The minimum atomic E-state index is -0.832. The Bertz CT molecular complexity index is 683. The molecule has 0 aromatic carbocycles. The molecule has 8 heteroatoms. The Kier molecular flexibility index (Phi) is 3.89. The Balaban J connectivity index is 1.83. The van der Waals surface area contributed by atoms with Gasteiger partial charge in [0, 0.05) is 10.9 Å². The lowest BCUT2D eigenvalue weighted by molar-refractivity contribution is -0.139. The molecule has 112 valence electrons. The number of aromatic nitrogens is 1. The van der Waals surface area contributed by atoms with Gasteiger partial charge < -0.3 is 9.52 Å². The molecule has 0 aliphatic carbocycles. The lowest BCUT2D eigenvalue weighted by Crippen LogP contribution is -2.43. The molecule has 1 aliphatic heterocycles. The summed E-state index contributed by atoms with van der Waals surface area (Å²) in [6, 6.07) is 3.12. The van der Waals surface area contributed by atoms with Gasteiger partial charge in [-0.25, -0.2) is 4.98 Å². The third-order valence-electron chi connectivity index (χ3n) is 3.25.